The molecule has 3 rings (SSSR count). The van der Waals surface area contributed by atoms with Crippen LogP contribution in [0.2, 0.25) is 5.15 Å². The lowest BCUT2D eigenvalue weighted by Gasteiger charge is -2.21. The minimum atomic E-state index is -3.46. The molecular formula is C19H26ClN5O4S. The average molecular weight is 456 g/mol. The average Bonchev–Trinajstić information content (AvgIpc) is 2.98. The van der Waals surface area contributed by atoms with E-state index in [9.17, 15) is 8.42 Å². The Balaban J connectivity index is 1.84. The predicted octanol–water partition coefficient (Wildman–Crippen LogP) is 2.59. The molecule has 0 saturated carbocycles. The number of anilines is 2. The summed E-state index contributed by atoms with van der Waals surface area (Å²) in [5.41, 5.74) is 9.48. The molecule has 0 aromatic carbocycles. The van der Waals surface area contributed by atoms with Crippen molar-refractivity contribution in [2.75, 3.05) is 37.2 Å². The van der Waals surface area contributed by atoms with Crippen molar-refractivity contribution in [3.63, 3.8) is 0 Å². The normalized spacial score (nSPS) is 16.0. The van der Waals surface area contributed by atoms with Crippen LogP contribution in [0.25, 0.3) is 0 Å². The van der Waals surface area contributed by atoms with Crippen molar-refractivity contribution in [1.29, 1.82) is 0 Å². The minimum Gasteiger partial charge on any atom is -0.496 e. The molecule has 11 heteroatoms. The number of ether oxygens (including phenoxy) is 1. The SMILES string of the molecule is COc1c(C)cnc(CN2CC(CCCOS(C)(=O)=O)c3c(Cl)nc(N)nc32)c1C. The van der Waals surface area contributed by atoms with Gasteiger partial charge in [-0.3, -0.25) is 9.17 Å². The highest BCUT2D eigenvalue weighted by Gasteiger charge is 2.34. The number of nitrogens with two attached hydrogens (primary N) is 1. The topological polar surface area (TPSA) is 121 Å². The Bertz CT molecular complexity index is 1050. The Hall–Kier alpha value is -2.17. The van der Waals surface area contributed by atoms with E-state index in [1.54, 1.807) is 13.3 Å². The Morgan fingerprint density at radius 3 is 2.73 bits per heavy atom. The van der Waals surface area contributed by atoms with Gasteiger partial charge in [-0.1, -0.05) is 11.6 Å². The van der Waals surface area contributed by atoms with Crippen molar-refractivity contribution < 1.29 is 17.3 Å². The van der Waals surface area contributed by atoms with Crippen LogP contribution in [-0.2, 0) is 20.8 Å². The van der Waals surface area contributed by atoms with Gasteiger partial charge in [-0.15, -0.1) is 0 Å². The second kappa shape index (κ2) is 8.91. The fourth-order valence-corrected chi connectivity index (χ4v) is 4.56. The quantitative estimate of drug-likeness (QED) is 0.363. The number of hydrogen-bond acceptors (Lipinski definition) is 9. The minimum absolute atomic E-state index is 0.0314. The largest absolute Gasteiger partial charge is 0.496 e. The van der Waals surface area contributed by atoms with Crippen molar-refractivity contribution in [3.05, 3.63) is 33.7 Å². The van der Waals surface area contributed by atoms with Crippen LogP contribution in [0.1, 0.15) is 41.1 Å². The summed E-state index contributed by atoms with van der Waals surface area (Å²) in [6.45, 7) is 5.21. The lowest BCUT2D eigenvalue weighted by atomic mass is 9.99. The molecule has 2 N–H and O–H groups in total. The smallest absolute Gasteiger partial charge is 0.264 e. The van der Waals surface area contributed by atoms with E-state index in [0.717, 1.165) is 34.4 Å². The summed E-state index contributed by atoms with van der Waals surface area (Å²) in [7, 11) is -1.81. The van der Waals surface area contributed by atoms with Gasteiger partial charge in [-0.05, 0) is 26.7 Å². The highest BCUT2D eigenvalue weighted by Crippen LogP contribution is 2.42. The zero-order valence-electron chi connectivity index (χ0n) is 17.5. The van der Waals surface area contributed by atoms with Crippen LogP contribution >= 0.6 is 11.6 Å². The number of pyridine rings is 1. The Labute approximate surface area is 181 Å². The number of halogens is 1. The molecule has 1 aliphatic heterocycles. The summed E-state index contributed by atoms with van der Waals surface area (Å²) in [5, 5.41) is 0.320. The van der Waals surface area contributed by atoms with Gasteiger partial charge < -0.3 is 15.4 Å². The Morgan fingerprint density at radius 1 is 1.33 bits per heavy atom. The summed E-state index contributed by atoms with van der Waals surface area (Å²) in [6.07, 6.45) is 4.06. The van der Waals surface area contributed by atoms with E-state index in [-0.39, 0.29) is 18.5 Å². The van der Waals surface area contributed by atoms with E-state index >= 15 is 0 Å². The van der Waals surface area contributed by atoms with Crippen molar-refractivity contribution in [1.82, 2.24) is 15.0 Å². The van der Waals surface area contributed by atoms with Gasteiger partial charge in [0.15, 0.2) is 0 Å². The number of nitrogen functional groups attached to an aromatic ring is 1. The number of methoxy groups -OCH3 is 1. The number of fused-ring (bicyclic) bond motifs is 1. The third kappa shape index (κ3) is 4.93. The molecule has 30 heavy (non-hydrogen) atoms. The summed E-state index contributed by atoms with van der Waals surface area (Å²) in [5.74, 6) is 1.64. The highest BCUT2D eigenvalue weighted by atomic mass is 35.5. The first-order valence-corrected chi connectivity index (χ1v) is 11.7. The maximum absolute atomic E-state index is 11.2. The number of hydrogen-bond donors (Lipinski definition) is 1. The first-order valence-electron chi connectivity index (χ1n) is 9.52. The molecule has 2 aromatic rings. The summed E-state index contributed by atoms with van der Waals surface area (Å²) >= 11 is 6.40. The molecule has 1 aliphatic rings. The van der Waals surface area contributed by atoms with Gasteiger partial charge in [-0.2, -0.15) is 13.4 Å². The van der Waals surface area contributed by atoms with Crippen molar-refractivity contribution in [3.8, 4) is 5.75 Å². The molecule has 0 saturated heterocycles. The van der Waals surface area contributed by atoms with E-state index in [4.69, 9.17) is 26.3 Å². The van der Waals surface area contributed by atoms with Gasteiger partial charge in [0.1, 0.15) is 16.7 Å². The number of aryl methyl sites for hydroxylation is 1. The summed E-state index contributed by atoms with van der Waals surface area (Å²) in [6, 6.07) is 0. The fourth-order valence-electron chi connectivity index (χ4n) is 3.81. The van der Waals surface area contributed by atoms with Gasteiger partial charge in [0.25, 0.3) is 10.1 Å². The van der Waals surface area contributed by atoms with E-state index in [0.29, 0.717) is 36.9 Å². The second-order valence-electron chi connectivity index (χ2n) is 7.40. The molecule has 3 heterocycles. The molecule has 0 amide bonds. The molecule has 9 nitrogen and oxygen atoms in total. The van der Waals surface area contributed by atoms with Gasteiger partial charge in [0, 0.05) is 35.3 Å². The monoisotopic (exact) mass is 455 g/mol. The number of rotatable bonds is 8. The van der Waals surface area contributed by atoms with Gasteiger partial charge in [0.2, 0.25) is 5.95 Å². The summed E-state index contributed by atoms with van der Waals surface area (Å²) < 4.78 is 32.7. The first-order chi connectivity index (χ1) is 14.1. The van der Waals surface area contributed by atoms with Gasteiger partial charge in [-0.25, -0.2) is 4.98 Å². The van der Waals surface area contributed by atoms with Crippen molar-refractivity contribution in [2.45, 2.75) is 39.2 Å². The van der Waals surface area contributed by atoms with Crippen molar-refractivity contribution in [2.24, 2.45) is 0 Å². The number of aromatic nitrogens is 3. The zero-order chi connectivity index (χ0) is 22.1. The van der Waals surface area contributed by atoms with E-state index in [1.165, 1.54) is 0 Å². The maximum atomic E-state index is 11.2. The van der Waals surface area contributed by atoms with E-state index in [2.05, 4.69) is 19.9 Å². The van der Waals surface area contributed by atoms with Gasteiger partial charge in [0.05, 0.1) is 32.2 Å². The molecule has 0 bridgehead atoms. The molecule has 0 spiro atoms. The first kappa shape index (κ1) is 22.5. The third-order valence-corrected chi connectivity index (χ3v) is 6.01. The van der Waals surface area contributed by atoms with Crippen LogP contribution in [-0.4, -0.2) is 49.9 Å². The summed E-state index contributed by atoms with van der Waals surface area (Å²) in [4.78, 5) is 15.2. The van der Waals surface area contributed by atoms with Crippen LogP contribution in [0, 0.1) is 13.8 Å². The standard InChI is InChI=1S/C19H26ClN5O4S/c1-11-8-22-14(12(2)16(11)28-3)10-25-9-13(6-5-7-29-30(4,26)27)15-17(20)23-19(21)24-18(15)25/h8,13H,5-7,9-10H2,1-4H3,(H2,21,23,24). The van der Waals surface area contributed by atoms with Crippen molar-refractivity contribution >= 4 is 33.5 Å². The molecule has 0 radical (unpaired) electrons. The van der Waals surface area contributed by atoms with Crippen LogP contribution in [0.4, 0.5) is 11.8 Å². The molecule has 164 valence electrons. The predicted molar refractivity (Wildman–Crippen MR) is 116 cm³/mol. The lowest BCUT2D eigenvalue weighted by molar-refractivity contribution is 0.307. The molecule has 0 fully saturated rings. The van der Waals surface area contributed by atoms with Crippen LogP contribution < -0.4 is 15.4 Å². The van der Waals surface area contributed by atoms with Crippen LogP contribution in [0.15, 0.2) is 6.20 Å². The number of nitrogens with zero attached hydrogens (tertiary/aromatic N) is 4. The molecule has 1 atom stereocenters. The van der Waals surface area contributed by atoms with Crippen LogP contribution in [0.5, 0.6) is 5.75 Å². The second-order valence-corrected chi connectivity index (χ2v) is 9.40. The third-order valence-electron chi connectivity index (χ3n) is 5.13. The highest BCUT2D eigenvalue weighted by molar-refractivity contribution is 7.85. The lowest BCUT2D eigenvalue weighted by Crippen LogP contribution is -2.23. The van der Waals surface area contributed by atoms with E-state index < -0.39 is 10.1 Å². The molecule has 1 unspecified atom stereocenters. The molecular weight excluding hydrogens is 430 g/mol. The molecule has 2 aromatic heterocycles. The zero-order valence-corrected chi connectivity index (χ0v) is 19.0. The van der Waals surface area contributed by atoms with Crippen LogP contribution in [0.3, 0.4) is 0 Å². The maximum Gasteiger partial charge on any atom is 0.264 e. The molecule has 0 aliphatic carbocycles. The Kier molecular flexibility index (Phi) is 6.68. The van der Waals surface area contributed by atoms with E-state index in [1.807, 2.05) is 13.8 Å². The Morgan fingerprint density at radius 2 is 2.07 bits per heavy atom. The van der Waals surface area contributed by atoms with Gasteiger partial charge >= 0.3 is 0 Å². The fraction of sp³-hybridized carbons (Fsp3) is 0.526.